The summed E-state index contributed by atoms with van der Waals surface area (Å²) in [5.41, 5.74) is 1.48. The Morgan fingerprint density at radius 2 is 1.45 bits per heavy atom. The summed E-state index contributed by atoms with van der Waals surface area (Å²) < 4.78 is 1.43. The Kier molecular flexibility index (Phi) is 4.74. The minimum Gasteiger partial charge on any atom is -0.321 e. The Labute approximate surface area is 124 Å². The molecule has 0 atom stereocenters. The summed E-state index contributed by atoms with van der Waals surface area (Å²) in [6.07, 6.45) is 7.07. The first-order valence-electron chi connectivity index (χ1n) is 8.48. The van der Waals surface area contributed by atoms with Gasteiger partial charge >= 0.3 is 0 Å². The molecule has 3 rings (SSSR count). The summed E-state index contributed by atoms with van der Waals surface area (Å²) in [6, 6.07) is 10.9. The molecular weight excluding hydrogens is 244 g/mol. The van der Waals surface area contributed by atoms with Crippen LogP contribution in [-0.4, -0.2) is 55.2 Å². The van der Waals surface area contributed by atoms with E-state index in [4.69, 9.17) is 0 Å². The van der Waals surface area contributed by atoms with Crippen molar-refractivity contribution in [2.24, 2.45) is 0 Å². The molecule has 2 saturated heterocycles. The predicted octanol–water partition coefficient (Wildman–Crippen LogP) is 2.94. The van der Waals surface area contributed by atoms with Gasteiger partial charge in [0.15, 0.2) is 0 Å². The number of hydrogen-bond acceptors (Lipinski definition) is 1. The van der Waals surface area contributed by atoms with Gasteiger partial charge in [0.1, 0.15) is 0 Å². The number of piperazine rings is 1. The second kappa shape index (κ2) is 6.73. The zero-order chi connectivity index (χ0) is 13.7. The summed E-state index contributed by atoms with van der Waals surface area (Å²) in [6.45, 7) is 9.56. The van der Waals surface area contributed by atoms with Gasteiger partial charge in [0.2, 0.25) is 0 Å². The van der Waals surface area contributed by atoms with E-state index in [2.05, 4.69) is 35.2 Å². The van der Waals surface area contributed by atoms with Crippen molar-refractivity contribution in [3.8, 4) is 0 Å². The molecule has 2 heterocycles. The average Bonchev–Trinajstić information content (AvgIpc) is 2.74. The van der Waals surface area contributed by atoms with Crippen LogP contribution in [0.5, 0.6) is 0 Å². The molecule has 2 fully saturated rings. The maximum Gasteiger partial charge on any atom is 0.0916 e. The minimum absolute atomic E-state index is 1.21. The lowest BCUT2D eigenvalue weighted by atomic mass is 10.1. The quantitative estimate of drug-likeness (QED) is 0.765. The van der Waals surface area contributed by atoms with E-state index in [0.29, 0.717) is 0 Å². The molecular formula is C18H29N2+. The van der Waals surface area contributed by atoms with Gasteiger partial charge in [0.25, 0.3) is 0 Å². The van der Waals surface area contributed by atoms with Gasteiger partial charge in [-0.2, -0.15) is 0 Å². The average molecular weight is 273 g/mol. The first-order chi connectivity index (χ1) is 9.86. The molecule has 2 heteroatoms. The fourth-order valence-corrected chi connectivity index (χ4v) is 3.89. The van der Waals surface area contributed by atoms with Crippen LogP contribution in [0.4, 0.5) is 0 Å². The Hall–Kier alpha value is -0.860. The van der Waals surface area contributed by atoms with Gasteiger partial charge in [-0.3, -0.25) is 4.90 Å². The smallest absolute Gasteiger partial charge is 0.0916 e. The Bertz CT molecular complexity index is 383. The highest BCUT2D eigenvalue weighted by Crippen LogP contribution is 2.21. The van der Waals surface area contributed by atoms with Crippen molar-refractivity contribution in [1.82, 2.24) is 4.90 Å². The van der Waals surface area contributed by atoms with Gasteiger partial charge in [-0.25, -0.2) is 0 Å². The van der Waals surface area contributed by atoms with Crippen LogP contribution in [0, 0.1) is 0 Å². The monoisotopic (exact) mass is 273 g/mol. The highest BCUT2D eigenvalue weighted by atomic mass is 15.4. The lowest BCUT2D eigenvalue weighted by Gasteiger charge is -2.44. The van der Waals surface area contributed by atoms with Gasteiger partial charge in [-0.1, -0.05) is 30.3 Å². The Morgan fingerprint density at radius 3 is 2.10 bits per heavy atom. The Morgan fingerprint density at radius 1 is 0.800 bits per heavy atom. The van der Waals surface area contributed by atoms with Crippen molar-refractivity contribution in [2.75, 3.05) is 45.8 Å². The standard InChI is InChI=1S/C18H29N2/c1-2-7-15-20(14-6-1)16-12-19(13-17-20)11-10-18-8-4-3-5-9-18/h3-5,8-9H,1-2,6-7,10-17H2/q+1. The lowest BCUT2D eigenvalue weighted by Crippen LogP contribution is -2.60. The van der Waals surface area contributed by atoms with E-state index in [9.17, 15) is 0 Å². The molecule has 20 heavy (non-hydrogen) atoms. The molecule has 0 aliphatic carbocycles. The van der Waals surface area contributed by atoms with Crippen molar-refractivity contribution in [3.05, 3.63) is 35.9 Å². The second-order valence-electron chi connectivity index (χ2n) is 6.73. The second-order valence-corrected chi connectivity index (χ2v) is 6.73. The normalized spacial score (nSPS) is 23.6. The van der Waals surface area contributed by atoms with Crippen LogP contribution < -0.4 is 0 Å². The van der Waals surface area contributed by atoms with Gasteiger partial charge in [0.05, 0.1) is 26.2 Å². The third kappa shape index (κ3) is 3.62. The third-order valence-electron chi connectivity index (χ3n) is 5.36. The minimum atomic E-state index is 1.21. The SMILES string of the molecule is c1ccc(CCN2CC[N+]3(CCCCCC3)CC2)cc1. The van der Waals surface area contributed by atoms with Crippen LogP contribution in [-0.2, 0) is 6.42 Å². The molecule has 2 aliphatic heterocycles. The molecule has 0 saturated carbocycles. The van der Waals surface area contributed by atoms with Gasteiger partial charge < -0.3 is 4.48 Å². The van der Waals surface area contributed by atoms with Crippen LogP contribution in [0.3, 0.4) is 0 Å². The molecule has 1 aromatic carbocycles. The van der Waals surface area contributed by atoms with E-state index in [-0.39, 0.29) is 0 Å². The fourth-order valence-electron chi connectivity index (χ4n) is 3.89. The van der Waals surface area contributed by atoms with Crippen molar-refractivity contribution < 1.29 is 4.48 Å². The van der Waals surface area contributed by atoms with Gasteiger partial charge in [-0.05, 0) is 37.7 Å². The molecule has 0 amide bonds. The molecule has 2 aliphatic rings. The summed E-state index contributed by atoms with van der Waals surface area (Å²) in [5, 5.41) is 0. The van der Waals surface area contributed by atoms with Crippen LogP contribution in [0.15, 0.2) is 30.3 Å². The van der Waals surface area contributed by atoms with Crippen LogP contribution >= 0.6 is 0 Å². The zero-order valence-corrected chi connectivity index (χ0v) is 12.8. The van der Waals surface area contributed by atoms with E-state index in [1.807, 2.05) is 0 Å². The van der Waals surface area contributed by atoms with E-state index in [0.717, 1.165) is 0 Å². The molecule has 0 bridgehead atoms. The van der Waals surface area contributed by atoms with Crippen molar-refractivity contribution in [2.45, 2.75) is 32.1 Å². The maximum atomic E-state index is 2.68. The molecule has 1 spiro atoms. The van der Waals surface area contributed by atoms with Crippen molar-refractivity contribution in [1.29, 1.82) is 0 Å². The largest absolute Gasteiger partial charge is 0.321 e. The lowest BCUT2D eigenvalue weighted by molar-refractivity contribution is -0.931. The first-order valence-corrected chi connectivity index (χ1v) is 8.48. The Balaban J connectivity index is 1.46. The topological polar surface area (TPSA) is 3.24 Å². The number of nitrogens with zero attached hydrogens (tertiary/aromatic N) is 2. The van der Waals surface area contributed by atoms with E-state index in [1.54, 1.807) is 0 Å². The number of quaternary nitrogens is 1. The zero-order valence-electron chi connectivity index (χ0n) is 12.8. The van der Waals surface area contributed by atoms with Gasteiger partial charge in [0, 0.05) is 19.6 Å². The fraction of sp³-hybridized carbons (Fsp3) is 0.667. The van der Waals surface area contributed by atoms with Crippen molar-refractivity contribution >= 4 is 0 Å². The van der Waals surface area contributed by atoms with Crippen LogP contribution in [0.25, 0.3) is 0 Å². The van der Waals surface area contributed by atoms with Gasteiger partial charge in [-0.15, -0.1) is 0 Å². The molecule has 2 nitrogen and oxygen atoms in total. The van der Waals surface area contributed by atoms with E-state index >= 15 is 0 Å². The van der Waals surface area contributed by atoms with E-state index in [1.165, 1.54) is 88.0 Å². The highest BCUT2D eigenvalue weighted by molar-refractivity contribution is 5.14. The van der Waals surface area contributed by atoms with Crippen molar-refractivity contribution in [3.63, 3.8) is 0 Å². The maximum absolute atomic E-state index is 2.68. The molecule has 0 N–H and O–H groups in total. The third-order valence-corrected chi connectivity index (χ3v) is 5.36. The molecule has 110 valence electrons. The first kappa shape index (κ1) is 14.1. The van der Waals surface area contributed by atoms with Crippen LogP contribution in [0.2, 0.25) is 0 Å². The molecule has 0 radical (unpaired) electrons. The van der Waals surface area contributed by atoms with Crippen LogP contribution in [0.1, 0.15) is 31.2 Å². The summed E-state index contributed by atoms with van der Waals surface area (Å²) in [5.74, 6) is 0. The number of benzene rings is 1. The molecule has 0 unspecified atom stereocenters. The number of hydrogen-bond donors (Lipinski definition) is 0. The summed E-state index contributed by atoms with van der Waals surface area (Å²) in [7, 11) is 0. The molecule has 1 aromatic rings. The number of rotatable bonds is 3. The van der Waals surface area contributed by atoms with E-state index < -0.39 is 0 Å². The molecule has 0 aromatic heterocycles. The summed E-state index contributed by atoms with van der Waals surface area (Å²) >= 11 is 0. The predicted molar refractivity (Wildman–Crippen MR) is 84.8 cm³/mol. The highest BCUT2D eigenvalue weighted by Gasteiger charge is 2.32. The summed E-state index contributed by atoms with van der Waals surface area (Å²) in [4.78, 5) is 2.68.